The number of aryl methyl sites for hydroxylation is 2. The lowest BCUT2D eigenvalue weighted by atomic mass is 9.83. The lowest BCUT2D eigenvalue weighted by Gasteiger charge is -2.24. The molecule has 0 spiro atoms. The molecule has 1 amide bonds. The van der Waals surface area contributed by atoms with Gasteiger partial charge in [0.1, 0.15) is 6.04 Å². The van der Waals surface area contributed by atoms with Crippen molar-refractivity contribution in [1.82, 2.24) is 15.3 Å². The van der Waals surface area contributed by atoms with Crippen LogP contribution in [-0.2, 0) is 16.6 Å². The maximum Gasteiger partial charge on any atom is 0.242 e. The summed E-state index contributed by atoms with van der Waals surface area (Å²) in [6.45, 7) is 12.5. The monoisotopic (exact) mass is 380 g/mol. The molecule has 0 saturated carbocycles. The van der Waals surface area contributed by atoms with E-state index in [1.165, 1.54) is 22.3 Å². The van der Waals surface area contributed by atoms with Crippen molar-refractivity contribution < 1.29 is 4.79 Å². The van der Waals surface area contributed by atoms with Gasteiger partial charge in [-0.25, -0.2) is 9.97 Å². The molecular formula is C23H32N4O. The van der Waals surface area contributed by atoms with Gasteiger partial charge >= 0.3 is 0 Å². The molecule has 1 fully saturated rings. The third-order valence-electron chi connectivity index (χ3n) is 5.60. The topological polar surface area (TPSA) is 58.1 Å². The number of carbonyl (C=O) groups excluding carboxylic acids is 1. The van der Waals surface area contributed by atoms with E-state index in [0.717, 1.165) is 25.8 Å². The van der Waals surface area contributed by atoms with Gasteiger partial charge in [0.25, 0.3) is 0 Å². The summed E-state index contributed by atoms with van der Waals surface area (Å²) in [6.07, 6.45) is 6.14. The molecule has 5 nitrogen and oxygen atoms in total. The number of aromatic nitrogens is 2. The van der Waals surface area contributed by atoms with Crippen LogP contribution in [0.2, 0.25) is 0 Å². The van der Waals surface area contributed by atoms with Crippen molar-refractivity contribution in [2.75, 3.05) is 18.0 Å². The molecule has 1 aromatic heterocycles. The van der Waals surface area contributed by atoms with E-state index in [0.29, 0.717) is 12.5 Å². The lowest BCUT2D eigenvalue weighted by molar-refractivity contribution is -0.122. The highest BCUT2D eigenvalue weighted by molar-refractivity contribution is 5.85. The van der Waals surface area contributed by atoms with E-state index in [2.05, 4.69) is 62.0 Å². The van der Waals surface area contributed by atoms with Crippen molar-refractivity contribution in [3.05, 3.63) is 52.8 Å². The number of nitrogens with zero attached hydrogens (tertiary/aromatic N) is 3. The highest BCUT2D eigenvalue weighted by atomic mass is 16.2. The van der Waals surface area contributed by atoms with Gasteiger partial charge in [-0.15, -0.1) is 0 Å². The minimum Gasteiger partial charge on any atom is -0.354 e. The normalized spacial score (nSPS) is 17.0. The maximum atomic E-state index is 12.8. The van der Waals surface area contributed by atoms with Gasteiger partial charge < -0.3 is 10.2 Å². The minimum absolute atomic E-state index is 0.0755. The van der Waals surface area contributed by atoms with Crippen molar-refractivity contribution in [2.45, 2.75) is 65.3 Å². The Labute approximate surface area is 168 Å². The molecule has 2 aromatic rings. The summed E-state index contributed by atoms with van der Waals surface area (Å²) in [7, 11) is 0. The number of rotatable bonds is 5. The first-order valence-electron chi connectivity index (χ1n) is 10.2. The summed E-state index contributed by atoms with van der Waals surface area (Å²) in [5.41, 5.74) is 5.45. The number of anilines is 1. The first kappa shape index (κ1) is 20.3. The molecule has 0 unspecified atom stereocenters. The first-order valence-corrected chi connectivity index (χ1v) is 10.2. The Morgan fingerprint density at radius 3 is 2.43 bits per heavy atom. The van der Waals surface area contributed by atoms with Gasteiger partial charge in [0.15, 0.2) is 0 Å². The molecule has 0 radical (unpaired) electrons. The second-order valence-electron chi connectivity index (χ2n) is 8.78. The number of hydrogen-bond donors (Lipinski definition) is 1. The molecule has 1 saturated heterocycles. The second-order valence-corrected chi connectivity index (χ2v) is 8.78. The molecule has 1 aliphatic rings. The number of hydrogen-bond acceptors (Lipinski definition) is 4. The minimum atomic E-state index is -0.173. The largest absolute Gasteiger partial charge is 0.354 e. The zero-order valence-electron chi connectivity index (χ0n) is 17.7. The highest BCUT2D eigenvalue weighted by Gasteiger charge is 2.32. The molecule has 5 heteroatoms. The molecular weight excluding hydrogens is 348 g/mol. The quantitative estimate of drug-likeness (QED) is 0.859. The summed E-state index contributed by atoms with van der Waals surface area (Å²) in [5.74, 6) is 0.719. The van der Waals surface area contributed by atoms with Crippen molar-refractivity contribution in [1.29, 1.82) is 0 Å². The third-order valence-corrected chi connectivity index (χ3v) is 5.60. The first-order chi connectivity index (χ1) is 13.3. The van der Waals surface area contributed by atoms with Crippen molar-refractivity contribution in [2.24, 2.45) is 0 Å². The Bertz CT molecular complexity index is 803. The molecule has 1 N–H and O–H groups in total. The van der Waals surface area contributed by atoms with Crippen molar-refractivity contribution >= 4 is 11.9 Å². The summed E-state index contributed by atoms with van der Waals surface area (Å²) in [5, 5.41) is 3.14. The average Bonchev–Trinajstić information content (AvgIpc) is 3.13. The fourth-order valence-electron chi connectivity index (χ4n) is 3.97. The van der Waals surface area contributed by atoms with Crippen molar-refractivity contribution in [3.8, 4) is 0 Å². The van der Waals surface area contributed by atoms with Crippen LogP contribution in [0.4, 0.5) is 5.95 Å². The fourth-order valence-corrected chi connectivity index (χ4v) is 3.97. The van der Waals surface area contributed by atoms with Gasteiger partial charge in [-0.2, -0.15) is 0 Å². The average molecular weight is 381 g/mol. The molecule has 1 atom stereocenters. The Morgan fingerprint density at radius 2 is 1.82 bits per heavy atom. The van der Waals surface area contributed by atoms with Crippen LogP contribution < -0.4 is 10.2 Å². The van der Waals surface area contributed by atoms with E-state index in [9.17, 15) is 4.79 Å². The Hall–Kier alpha value is -2.43. The van der Waals surface area contributed by atoms with Crippen LogP contribution in [0, 0.1) is 13.8 Å². The molecule has 28 heavy (non-hydrogen) atoms. The van der Waals surface area contributed by atoms with Crippen LogP contribution in [-0.4, -0.2) is 35.0 Å². The van der Waals surface area contributed by atoms with Crippen LogP contribution in [0.1, 0.15) is 55.9 Å². The van der Waals surface area contributed by atoms with Crippen LogP contribution in [0.25, 0.3) is 0 Å². The number of amides is 1. The Morgan fingerprint density at radius 1 is 1.18 bits per heavy atom. The molecule has 0 bridgehead atoms. The lowest BCUT2D eigenvalue weighted by Crippen LogP contribution is -2.44. The van der Waals surface area contributed by atoms with Gasteiger partial charge in [-0.05, 0) is 66.8 Å². The van der Waals surface area contributed by atoms with E-state index in [1.807, 2.05) is 4.90 Å². The number of benzene rings is 1. The van der Waals surface area contributed by atoms with E-state index >= 15 is 0 Å². The van der Waals surface area contributed by atoms with E-state index in [4.69, 9.17) is 0 Å². The summed E-state index contributed by atoms with van der Waals surface area (Å²) in [6, 6.07) is 6.20. The second kappa shape index (κ2) is 8.29. The predicted octanol–water partition coefficient (Wildman–Crippen LogP) is 3.72. The zero-order chi connectivity index (χ0) is 20.3. The molecule has 1 aromatic carbocycles. The molecule has 0 aliphatic carbocycles. The van der Waals surface area contributed by atoms with Crippen LogP contribution in [0.3, 0.4) is 0 Å². The molecule has 1 aliphatic heterocycles. The van der Waals surface area contributed by atoms with Gasteiger partial charge in [-0.3, -0.25) is 4.79 Å². The molecule has 2 heterocycles. The van der Waals surface area contributed by atoms with Gasteiger partial charge in [0, 0.05) is 25.5 Å². The Kier molecular flexibility index (Phi) is 6.01. The smallest absolute Gasteiger partial charge is 0.242 e. The summed E-state index contributed by atoms with van der Waals surface area (Å²) >= 11 is 0. The third kappa shape index (κ3) is 4.51. The van der Waals surface area contributed by atoms with E-state index in [-0.39, 0.29) is 17.4 Å². The fraction of sp³-hybridized carbons (Fsp3) is 0.522. The highest BCUT2D eigenvalue weighted by Crippen LogP contribution is 2.27. The standard InChI is InChI=1S/C23H32N4O/c1-16-14-18(23(3,4)5)15-17(2)19(16)9-12-24-21(28)20-8-6-13-27(20)22-25-10-7-11-26-22/h7,10-11,14-15,20H,6,8-9,12-13H2,1-5H3,(H,24,28)/t20-/m1/s1. The molecule has 150 valence electrons. The van der Waals surface area contributed by atoms with Crippen LogP contribution in [0.15, 0.2) is 30.6 Å². The van der Waals surface area contributed by atoms with E-state index < -0.39 is 0 Å². The van der Waals surface area contributed by atoms with Gasteiger partial charge in [0.05, 0.1) is 0 Å². The number of carbonyl (C=O) groups is 1. The van der Waals surface area contributed by atoms with Gasteiger partial charge in [0.2, 0.25) is 11.9 Å². The van der Waals surface area contributed by atoms with Crippen LogP contribution in [0.5, 0.6) is 0 Å². The summed E-state index contributed by atoms with van der Waals surface area (Å²) < 4.78 is 0. The summed E-state index contributed by atoms with van der Waals surface area (Å²) in [4.78, 5) is 23.4. The zero-order valence-corrected chi connectivity index (χ0v) is 17.7. The van der Waals surface area contributed by atoms with Gasteiger partial charge in [-0.1, -0.05) is 32.9 Å². The molecule has 3 rings (SSSR count). The van der Waals surface area contributed by atoms with E-state index in [1.54, 1.807) is 18.5 Å². The predicted molar refractivity (Wildman–Crippen MR) is 114 cm³/mol. The SMILES string of the molecule is Cc1cc(C(C)(C)C)cc(C)c1CCNC(=O)[C@H]1CCCN1c1ncccn1. The Balaban J connectivity index is 1.61. The number of nitrogens with one attached hydrogen (secondary N) is 1. The maximum absolute atomic E-state index is 12.8. The van der Waals surface area contributed by atoms with Crippen molar-refractivity contribution in [3.63, 3.8) is 0 Å². The van der Waals surface area contributed by atoms with Crippen LogP contribution >= 0.6 is 0 Å².